The summed E-state index contributed by atoms with van der Waals surface area (Å²) >= 11 is 1.57. The summed E-state index contributed by atoms with van der Waals surface area (Å²) in [5.41, 5.74) is 2.61. The number of carbonyl (C=O) groups excluding carboxylic acids is 1. The third kappa shape index (κ3) is 5.75. The molecule has 4 heterocycles. The maximum atomic E-state index is 12.9. The van der Waals surface area contributed by atoms with Crippen molar-refractivity contribution in [2.75, 3.05) is 38.8 Å². The Morgan fingerprint density at radius 1 is 1.16 bits per heavy atom. The van der Waals surface area contributed by atoms with E-state index in [2.05, 4.69) is 20.4 Å². The number of rotatable bonds is 9. The van der Waals surface area contributed by atoms with Crippen LogP contribution in [0.3, 0.4) is 0 Å². The first-order valence-corrected chi connectivity index (χ1v) is 13.1. The predicted molar refractivity (Wildman–Crippen MR) is 142 cm³/mol. The van der Waals surface area contributed by atoms with Crippen molar-refractivity contribution in [1.82, 2.24) is 20.5 Å². The number of hydrogen-bond donors (Lipinski definition) is 1. The van der Waals surface area contributed by atoms with E-state index in [1.807, 2.05) is 47.8 Å². The van der Waals surface area contributed by atoms with Crippen LogP contribution in [0, 0.1) is 5.92 Å². The normalized spacial score (nSPS) is 15.4. The van der Waals surface area contributed by atoms with Gasteiger partial charge in [0.25, 0.3) is 0 Å². The monoisotopic (exact) mass is 519 g/mol. The molecule has 0 spiro atoms. The molecule has 37 heavy (non-hydrogen) atoms. The fourth-order valence-electron chi connectivity index (χ4n) is 4.43. The molecule has 1 atom stereocenters. The summed E-state index contributed by atoms with van der Waals surface area (Å²) in [5.74, 6) is 2.80. The number of thiazole rings is 1. The highest BCUT2D eigenvalue weighted by Gasteiger charge is 2.26. The molecule has 1 N–H and O–H groups in total. The molecular formula is C27H29N5O4S. The summed E-state index contributed by atoms with van der Waals surface area (Å²) in [7, 11) is 3.24. The molecule has 0 bridgehead atoms. The fourth-order valence-corrected chi connectivity index (χ4v) is 5.28. The van der Waals surface area contributed by atoms with E-state index in [4.69, 9.17) is 18.9 Å². The molecule has 1 aromatic carbocycles. The van der Waals surface area contributed by atoms with Gasteiger partial charge in [-0.15, -0.1) is 21.5 Å². The van der Waals surface area contributed by atoms with Gasteiger partial charge in [-0.25, -0.2) is 4.98 Å². The van der Waals surface area contributed by atoms with Crippen molar-refractivity contribution < 1.29 is 18.7 Å². The molecule has 192 valence electrons. The second-order valence-corrected chi connectivity index (χ2v) is 9.65. The first-order valence-electron chi connectivity index (χ1n) is 12.2. The topological polar surface area (TPSA) is 103 Å². The van der Waals surface area contributed by atoms with Gasteiger partial charge in [0, 0.05) is 37.0 Å². The number of furan rings is 1. The zero-order chi connectivity index (χ0) is 25.6. The number of nitrogens with zero attached hydrogens (tertiary/aromatic N) is 4. The van der Waals surface area contributed by atoms with Crippen LogP contribution in [0.4, 0.5) is 5.82 Å². The molecule has 9 nitrogen and oxygen atoms in total. The van der Waals surface area contributed by atoms with E-state index in [-0.39, 0.29) is 11.8 Å². The third-order valence-corrected chi connectivity index (χ3v) is 7.34. The summed E-state index contributed by atoms with van der Waals surface area (Å²) < 4.78 is 16.1. The smallest absolute Gasteiger partial charge is 0.224 e. The van der Waals surface area contributed by atoms with Gasteiger partial charge in [-0.2, -0.15) is 0 Å². The van der Waals surface area contributed by atoms with E-state index in [1.54, 1.807) is 31.8 Å². The van der Waals surface area contributed by atoms with Gasteiger partial charge in [0.15, 0.2) is 23.1 Å². The Morgan fingerprint density at radius 2 is 2.05 bits per heavy atom. The first kappa shape index (κ1) is 24.8. The molecule has 5 rings (SSSR count). The van der Waals surface area contributed by atoms with E-state index >= 15 is 0 Å². The summed E-state index contributed by atoms with van der Waals surface area (Å²) in [6, 6.07) is 13.3. The molecule has 1 saturated heterocycles. The van der Waals surface area contributed by atoms with E-state index in [0.717, 1.165) is 41.5 Å². The Balaban J connectivity index is 1.13. The molecule has 0 saturated carbocycles. The van der Waals surface area contributed by atoms with Crippen LogP contribution in [0.25, 0.3) is 22.0 Å². The number of hydrogen-bond acceptors (Lipinski definition) is 9. The SMILES string of the molecule is COc1ccc(-c2nc(CCNC(=O)C3CCCN(c4ccc(-c5ccco5)nn4)C3)cs2)cc1OC. The maximum Gasteiger partial charge on any atom is 0.224 e. The quantitative estimate of drug-likeness (QED) is 0.346. The number of ether oxygens (including phenoxy) is 2. The maximum absolute atomic E-state index is 12.9. The van der Waals surface area contributed by atoms with Crippen LogP contribution in [0.5, 0.6) is 11.5 Å². The van der Waals surface area contributed by atoms with E-state index in [9.17, 15) is 4.79 Å². The van der Waals surface area contributed by atoms with Crippen LogP contribution in [0.2, 0.25) is 0 Å². The van der Waals surface area contributed by atoms with Gasteiger partial charge in [-0.05, 0) is 55.3 Å². The van der Waals surface area contributed by atoms with Crippen LogP contribution < -0.4 is 19.7 Å². The van der Waals surface area contributed by atoms with Crippen molar-refractivity contribution >= 4 is 23.1 Å². The molecule has 0 radical (unpaired) electrons. The van der Waals surface area contributed by atoms with Crippen LogP contribution in [0.1, 0.15) is 18.5 Å². The van der Waals surface area contributed by atoms with Gasteiger partial charge in [-0.3, -0.25) is 4.79 Å². The molecule has 10 heteroatoms. The van der Waals surface area contributed by atoms with Gasteiger partial charge in [0.2, 0.25) is 5.91 Å². The van der Waals surface area contributed by atoms with E-state index in [1.165, 1.54) is 0 Å². The summed E-state index contributed by atoms with van der Waals surface area (Å²) in [6.45, 7) is 2.03. The Hall–Kier alpha value is -3.92. The highest BCUT2D eigenvalue weighted by Crippen LogP contribution is 2.33. The second-order valence-electron chi connectivity index (χ2n) is 8.79. The summed E-state index contributed by atoms with van der Waals surface area (Å²) in [4.78, 5) is 19.8. The average Bonchev–Trinajstić information content (AvgIpc) is 3.66. The molecule has 1 amide bonds. The van der Waals surface area contributed by atoms with Crippen molar-refractivity contribution in [2.45, 2.75) is 19.3 Å². The van der Waals surface area contributed by atoms with Crippen LogP contribution in [0.15, 0.2) is 58.5 Å². The average molecular weight is 520 g/mol. The molecule has 1 unspecified atom stereocenters. The number of nitrogens with one attached hydrogen (secondary N) is 1. The van der Waals surface area contributed by atoms with Gasteiger partial charge >= 0.3 is 0 Å². The van der Waals surface area contributed by atoms with Gasteiger partial charge in [0.1, 0.15) is 10.7 Å². The zero-order valence-electron chi connectivity index (χ0n) is 20.8. The fraction of sp³-hybridized carbons (Fsp3) is 0.333. The van der Waals surface area contributed by atoms with Gasteiger partial charge in [0.05, 0.1) is 32.1 Å². The van der Waals surface area contributed by atoms with Gasteiger partial charge < -0.3 is 24.1 Å². The van der Waals surface area contributed by atoms with E-state index in [0.29, 0.717) is 42.5 Å². The summed E-state index contributed by atoms with van der Waals surface area (Å²) in [6.07, 6.45) is 4.08. The minimum Gasteiger partial charge on any atom is -0.493 e. The minimum absolute atomic E-state index is 0.0696. The van der Waals surface area contributed by atoms with Crippen molar-refractivity contribution in [3.63, 3.8) is 0 Å². The van der Waals surface area contributed by atoms with Gasteiger partial charge in [-0.1, -0.05) is 0 Å². The summed E-state index contributed by atoms with van der Waals surface area (Å²) in [5, 5.41) is 14.7. The largest absolute Gasteiger partial charge is 0.493 e. The number of piperidine rings is 1. The number of amides is 1. The lowest BCUT2D eigenvalue weighted by Crippen LogP contribution is -2.43. The molecule has 0 aliphatic carbocycles. The van der Waals surface area contributed by atoms with Crippen LogP contribution in [-0.4, -0.2) is 54.9 Å². The number of benzene rings is 1. The molecule has 4 aromatic rings. The number of aromatic nitrogens is 3. The predicted octanol–water partition coefficient (Wildman–Crippen LogP) is 4.45. The van der Waals surface area contributed by atoms with Crippen molar-refractivity contribution in [1.29, 1.82) is 0 Å². The minimum atomic E-state index is -0.0851. The van der Waals surface area contributed by atoms with Crippen LogP contribution in [-0.2, 0) is 11.2 Å². The standard InChI is InChI=1S/C27H29N5O4S/c1-34-23-9-7-18(15-24(23)35-2)27-29-20(17-37-27)11-12-28-26(33)19-5-3-13-32(16-19)25-10-8-21(30-31-25)22-6-4-14-36-22/h4,6-10,14-15,17,19H,3,5,11-13,16H2,1-2H3,(H,28,33). The number of methoxy groups -OCH3 is 2. The molecule has 1 fully saturated rings. The van der Waals surface area contributed by atoms with Crippen molar-refractivity contribution in [3.8, 4) is 33.5 Å². The molecule has 1 aliphatic rings. The lowest BCUT2D eigenvalue weighted by Gasteiger charge is -2.32. The van der Waals surface area contributed by atoms with E-state index < -0.39 is 0 Å². The Kier molecular flexibility index (Phi) is 7.65. The Bertz CT molecular complexity index is 1320. The highest BCUT2D eigenvalue weighted by molar-refractivity contribution is 7.13. The molecule has 1 aliphatic heterocycles. The number of carbonyl (C=O) groups is 1. The lowest BCUT2D eigenvalue weighted by atomic mass is 9.97. The lowest BCUT2D eigenvalue weighted by molar-refractivity contribution is -0.125. The third-order valence-electron chi connectivity index (χ3n) is 6.40. The van der Waals surface area contributed by atoms with Crippen molar-refractivity contribution in [2.24, 2.45) is 5.92 Å². The first-order chi connectivity index (χ1) is 18.1. The Labute approximate surface area is 219 Å². The second kappa shape index (κ2) is 11.4. The highest BCUT2D eigenvalue weighted by atomic mass is 32.1. The molecule has 3 aromatic heterocycles. The molecular weight excluding hydrogens is 490 g/mol. The Morgan fingerprint density at radius 3 is 2.81 bits per heavy atom. The number of anilines is 1. The van der Waals surface area contributed by atoms with Crippen molar-refractivity contribution in [3.05, 3.63) is 59.8 Å². The van der Waals surface area contributed by atoms with Crippen LogP contribution >= 0.6 is 11.3 Å². The zero-order valence-corrected chi connectivity index (χ0v) is 21.7.